The number of fused-ring (bicyclic) bond motifs is 7. The average molecular weight is 667 g/mol. The van der Waals surface area contributed by atoms with E-state index in [1.165, 1.54) is 0 Å². The molecule has 244 valence electrons. The van der Waals surface area contributed by atoms with Gasteiger partial charge in [0, 0.05) is 32.8 Å². The summed E-state index contributed by atoms with van der Waals surface area (Å²) in [6.45, 7) is 0. The summed E-state index contributed by atoms with van der Waals surface area (Å²) in [6.07, 6.45) is -0.470. The number of furan rings is 1. The molecule has 5 heteroatoms. The maximum Gasteiger partial charge on any atom is 0.145 e. The largest absolute Gasteiger partial charge is 0.456 e. The molecule has 2 aromatic heterocycles. The zero-order valence-electron chi connectivity index (χ0n) is 28.0. The second-order valence-electron chi connectivity index (χ2n) is 13.1. The predicted molar refractivity (Wildman–Crippen MR) is 211 cm³/mol. The highest BCUT2D eigenvalue weighted by molar-refractivity contribution is 6.27. The molecule has 10 rings (SSSR count). The van der Waals surface area contributed by atoms with Gasteiger partial charge in [-0.25, -0.2) is 0 Å². The van der Waals surface area contributed by atoms with Gasteiger partial charge in [-0.3, -0.25) is 4.99 Å². The highest BCUT2D eigenvalue weighted by Crippen LogP contribution is 2.42. The Hall–Kier alpha value is -7.16. The van der Waals surface area contributed by atoms with E-state index in [4.69, 9.17) is 9.41 Å². The summed E-state index contributed by atoms with van der Waals surface area (Å²) in [5, 5.41) is 18.8. The Bertz CT molecular complexity index is 2930. The van der Waals surface area contributed by atoms with Crippen molar-refractivity contribution in [3.05, 3.63) is 192 Å². The first-order valence-electron chi connectivity index (χ1n) is 17.4. The van der Waals surface area contributed by atoms with Crippen molar-refractivity contribution in [2.24, 2.45) is 4.99 Å². The summed E-state index contributed by atoms with van der Waals surface area (Å²) in [4.78, 5) is 5.30. The lowest BCUT2D eigenvalue weighted by Gasteiger charge is -2.27. The lowest BCUT2D eigenvalue weighted by atomic mass is 9.94. The lowest BCUT2D eigenvalue weighted by molar-refractivity contribution is 0.661. The van der Waals surface area contributed by atoms with Gasteiger partial charge in [-0.15, -0.1) is 0 Å². The standard InChI is InChI=1S/C47H30N4O/c48-29-38-45(31-16-6-2-7-17-31)49-47(50-46(38)32-18-8-3-9-19-32)34-26-33(30-14-4-1-5-15-30)27-35(28-34)51-39-22-12-10-20-36(39)43-40(51)24-25-42-44(43)37-21-11-13-23-41(37)52-42/h1-28,47,49H. The van der Waals surface area contributed by atoms with Gasteiger partial charge < -0.3 is 14.3 Å². The lowest BCUT2D eigenvalue weighted by Crippen LogP contribution is -2.28. The van der Waals surface area contributed by atoms with Crippen molar-refractivity contribution in [1.29, 1.82) is 5.26 Å². The summed E-state index contributed by atoms with van der Waals surface area (Å²) in [7, 11) is 0. The number of aromatic nitrogens is 1. The van der Waals surface area contributed by atoms with Gasteiger partial charge in [0.05, 0.1) is 22.4 Å². The Morgan fingerprint density at radius 2 is 1.21 bits per heavy atom. The molecule has 52 heavy (non-hydrogen) atoms. The molecule has 0 saturated heterocycles. The third-order valence-corrected chi connectivity index (χ3v) is 10.0. The number of aliphatic imine (C=N–C) groups is 1. The molecule has 5 nitrogen and oxygen atoms in total. The van der Waals surface area contributed by atoms with Crippen LogP contribution in [-0.2, 0) is 0 Å². The number of rotatable bonds is 5. The van der Waals surface area contributed by atoms with E-state index in [-0.39, 0.29) is 0 Å². The molecule has 0 saturated carbocycles. The van der Waals surface area contributed by atoms with Crippen LogP contribution in [0.2, 0.25) is 0 Å². The fourth-order valence-corrected chi connectivity index (χ4v) is 7.74. The molecule has 0 bridgehead atoms. The molecule has 0 aliphatic carbocycles. The average Bonchev–Trinajstić information content (AvgIpc) is 3.77. The number of benzene rings is 7. The van der Waals surface area contributed by atoms with E-state index < -0.39 is 6.17 Å². The highest BCUT2D eigenvalue weighted by Gasteiger charge is 2.27. The van der Waals surface area contributed by atoms with Gasteiger partial charge in [-0.05, 0) is 64.7 Å². The Kier molecular flexibility index (Phi) is 6.87. The van der Waals surface area contributed by atoms with Crippen molar-refractivity contribution in [2.45, 2.75) is 6.17 Å². The first-order chi connectivity index (χ1) is 25.7. The fourth-order valence-electron chi connectivity index (χ4n) is 7.74. The maximum absolute atomic E-state index is 10.6. The number of nitrogens with zero attached hydrogens (tertiary/aromatic N) is 3. The fraction of sp³-hybridized carbons (Fsp3) is 0.0213. The van der Waals surface area contributed by atoms with Crippen LogP contribution in [0, 0.1) is 11.3 Å². The van der Waals surface area contributed by atoms with Crippen LogP contribution >= 0.6 is 0 Å². The predicted octanol–water partition coefficient (Wildman–Crippen LogP) is 11.4. The minimum Gasteiger partial charge on any atom is -0.456 e. The molecule has 9 aromatic rings. The van der Waals surface area contributed by atoms with Crippen LogP contribution in [0.1, 0.15) is 22.9 Å². The Morgan fingerprint density at radius 3 is 1.96 bits per heavy atom. The van der Waals surface area contributed by atoms with E-state index in [0.717, 1.165) is 82.9 Å². The second-order valence-corrected chi connectivity index (χ2v) is 13.1. The van der Waals surface area contributed by atoms with Gasteiger partial charge in [0.15, 0.2) is 0 Å². The van der Waals surface area contributed by atoms with E-state index in [9.17, 15) is 5.26 Å². The summed E-state index contributed by atoms with van der Waals surface area (Å²) in [5.74, 6) is 0. The molecule has 3 heterocycles. The van der Waals surface area contributed by atoms with Gasteiger partial charge in [-0.1, -0.05) is 127 Å². The summed E-state index contributed by atoms with van der Waals surface area (Å²) >= 11 is 0. The van der Waals surface area contributed by atoms with Crippen LogP contribution in [-0.4, -0.2) is 10.3 Å². The van der Waals surface area contributed by atoms with E-state index in [1.54, 1.807) is 0 Å². The summed E-state index contributed by atoms with van der Waals surface area (Å²) < 4.78 is 8.71. The topological polar surface area (TPSA) is 66.2 Å². The molecule has 1 N–H and O–H groups in total. The van der Waals surface area contributed by atoms with Crippen LogP contribution in [0.4, 0.5) is 0 Å². The number of hydrogen-bond donors (Lipinski definition) is 1. The Labute approximate surface area is 300 Å². The van der Waals surface area contributed by atoms with Gasteiger partial charge in [-0.2, -0.15) is 5.26 Å². The van der Waals surface area contributed by atoms with Crippen molar-refractivity contribution in [3.8, 4) is 22.9 Å². The molecule has 0 spiro atoms. The molecule has 1 aliphatic heterocycles. The Balaban J connectivity index is 1.25. The quantitative estimate of drug-likeness (QED) is 0.199. The van der Waals surface area contributed by atoms with Gasteiger partial charge in [0.1, 0.15) is 29.0 Å². The minimum atomic E-state index is -0.470. The van der Waals surface area contributed by atoms with Gasteiger partial charge in [0.2, 0.25) is 0 Å². The number of nitriles is 1. The minimum absolute atomic E-state index is 0.470. The van der Waals surface area contributed by atoms with E-state index in [0.29, 0.717) is 11.3 Å². The van der Waals surface area contributed by atoms with Crippen molar-refractivity contribution < 1.29 is 4.42 Å². The molecular weight excluding hydrogens is 637 g/mol. The molecule has 0 amide bonds. The first-order valence-corrected chi connectivity index (χ1v) is 17.4. The van der Waals surface area contributed by atoms with Crippen molar-refractivity contribution in [1.82, 2.24) is 9.88 Å². The number of para-hydroxylation sites is 2. The molecule has 1 atom stereocenters. The monoisotopic (exact) mass is 666 g/mol. The van der Waals surface area contributed by atoms with Crippen molar-refractivity contribution in [2.75, 3.05) is 0 Å². The molecule has 1 aliphatic rings. The second kappa shape index (κ2) is 12.0. The van der Waals surface area contributed by atoms with Gasteiger partial charge >= 0.3 is 0 Å². The number of hydrogen-bond acceptors (Lipinski definition) is 4. The van der Waals surface area contributed by atoms with E-state index >= 15 is 0 Å². The van der Waals surface area contributed by atoms with Crippen molar-refractivity contribution in [3.63, 3.8) is 0 Å². The maximum atomic E-state index is 10.6. The molecule has 0 radical (unpaired) electrons. The Morgan fingerprint density at radius 1 is 0.558 bits per heavy atom. The third kappa shape index (κ3) is 4.74. The van der Waals surface area contributed by atoms with Crippen LogP contribution in [0.5, 0.6) is 0 Å². The highest BCUT2D eigenvalue weighted by atomic mass is 16.3. The SMILES string of the molecule is N#CC1=C(c2ccccc2)NC(c2cc(-c3ccccc3)cc(-n3c4ccccc4c4c5c(ccc43)oc3ccccc35)c2)N=C1c1ccccc1. The number of allylic oxidation sites excluding steroid dienone is 1. The van der Waals surface area contributed by atoms with Crippen LogP contribution < -0.4 is 5.32 Å². The van der Waals surface area contributed by atoms with Crippen LogP contribution in [0.15, 0.2) is 185 Å². The zero-order valence-corrected chi connectivity index (χ0v) is 28.0. The summed E-state index contributed by atoms with van der Waals surface area (Å²) in [6, 6.07) is 60.9. The molecule has 0 fully saturated rings. The normalized spacial score (nSPS) is 14.5. The molecule has 1 unspecified atom stereocenters. The summed E-state index contributed by atoms with van der Waals surface area (Å²) in [5.41, 5.74) is 11.9. The first kappa shape index (κ1) is 29.7. The smallest absolute Gasteiger partial charge is 0.145 e. The van der Waals surface area contributed by atoms with Crippen molar-refractivity contribution >= 4 is 55.2 Å². The van der Waals surface area contributed by atoms with E-state index in [1.807, 2.05) is 78.9 Å². The zero-order chi connectivity index (χ0) is 34.6. The third-order valence-electron chi connectivity index (χ3n) is 10.0. The molecule has 7 aromatic carbocycles. The van der Waals surface area contributed by atoms with Crippen LogP contribution in [0.25, 0.3) is 66.3 Å². The molecular formula is C47H30N4O. The van der Waals surface area contributed by atoms with Gasteiger partial charge in [0.25, 0.3) is 0 Å². The van der Waals surface area contributed by atoms with Crippen LogP contribution in [0.3, 0.4) is 0 Å². The number of nitrogens with one attached hydrogen (secondary N) is 1. The van der Waals surface area contributed by atoms with E-state index in [2.05, 4.69) is 107 Å².